The summed E-state index contributed by atoms with van der Waals surface area (Å²) < 4.78 is 40.0. The molecular formula is C21H23F3N2OS2. The van der Waals surface area contributed by atoms with E-state index in [0.717, 1.165) is 58.2 Å². The molecule has 3 nitrogen and oxygen atoms in total. The third-order valence-electron chi connectivity index (χ3n) is 6.83. The maximum Gasteiger partial charge on any atom is 0.416 e. The average molecular weight is 441 g/mol. The van der Waals surface area contributed by atoms with Gasteiger partial charge in [0.1, 0.15) is 0 Å². The van der Waals surface area contributed by atoms with Crippen molar-refractivity contribution in [2.24, 2.45) is 23.2 Å². The monoisotopic (exact) mass is 440 g/mol. The van der Waals surface area contributed by atoms with E-state index in [-0.39, 0.29) is 11.3 Å². The highest BCUT2D eigenvalue weighted by Crippen LogP contribution is 2.60. The number of alkyl halides is 3. The Kier molecular flexibility index (Phi) is 4.85. The van der Waals surface area contributed by atoms with Gasteiger partial charge in [-0.15, -0.1) is 11.3 Å². The third kappa shape index (κ3) is 3.78. The van der Waals surface area contributed by atoms with Gasteiger partial charge in [-0.25, -0.2) is 4.98 Å². The summed E-state index contributed by atoms with van der Waals surface area (Å²) in [6, 6.07) is 3.68. The van der Waals surface area contributed by atoms with Crippen LogP contribution in [0.3, 0.4) is 0 Å². The van der Waals surface area contributed by atoms with E-state index in [9.17, 15) is 18.0 Å². The molecular weight excluding hydrogens is 417 g/mol. The molecule has 1 amide bonds. The van der Waals surface area contributed by atoms with Gasteiger partial charge in [0.15, 0.2) is 4.34 Å². The lowest BCUT2D eigenvalue weighted by Gasteiger charge is -2.55. The van der Waals surface area contributed by atoms with E-state index in [1.807, 2.05) is 0 Å². The highest BCUT2D eigenvalue weighted by Gasteiger charge is 2.54. The second-order valence-electron chi connectivity index (χ2n) is 8.96. The second-order valence-corrected chi connectivity index (χ2v) is 11.3. The summed E-state index contributed by atoms with van der Waals surface area (Å²) in [6.07, 6.45) is 2.75. The molecule has 29 heavy (non-hydrogen) atoms. The molecule has 1 N–H and O–H groups in total. The van der Waals surface area contributed by atoms with Crippen molar-refractivity contribution in [3.8, 4) is 0 Å². The smallest absolute Gasteiger partial charge is 0.355 e. The molecule has 0 spiro atoms. The molecule has 8 heteroatoms. The van der Waals surface area contributed by atoms with Crippen molar-refractivity contribution < 1.29 is 18.0 Å². The molecule has 0 radical (unpaired) electrons. The second kappa shape index (κ2) is 7.15. The Labute approximate surface area is 175 Å². The minimum Gasteiger partial charge on any atom is -0.355 e. The zero-order valence-electron chi connectivity index (χ0n) is 15.9. The molecule has 4 saturated carbocycles. The van der Waals surface area contributed by atoms with Crippen LogP contribution >= 0.6 is 23.1 Å². The van der Waals surface area contributed by atoms with Gasteiger partial charge in [-0.05, 0) is 74.5 Å². The fourth-order valence-electron chi connectivity index (χ4n) is 6.02. The van der Waals surface area contributed by atoms with Gasteiger partial charge in [-0.1, -0.05) is 11.8 Å². The normalized spacial score (nSPS) is 30.8. The number of benzene rings is 1. The highest BCUT2D eigenvalue weighted by molar-refractivity contribution is 8.01. The Morgan fingerprint density at radius 3 is 2.45 bits per heavy atom. The van der Waals surface area contributed by atoms with Crippen LogP contribution in [0.4, 0.5) is 13.2 Å². The van der Waals surface area contributed by atoms with Crippen molar-refractivity contribution in [2.75, 3.05) is 12.3 Å². The fourth-order valence-corrected chi connectivity index (χ4v) is 8.00. The Morgan fingerprint density at radius 2 is 1.83 bits per heavy atom. The zero-order valence-corrected chi connectivity index (χ0v) is 17.6. The first-order chi connectivity index (χ1) is 13.8. The van der Waals surface area contributed by atoms with Gasteiger partial charge in [0, 0.05) is 17.7 Å². The summed E-state index contributed by atoms with van der Waals surface area (Å²) >= 11 is 2.88. The van der Waals surface area contributed by atoms with Crippen LogP contribution in [0.15, 0.2) is 22.5 Å². The van der Waals surface area contributed by atoms with Crippen LogP contribution in [0.1, 0.15) is 44.1 Å². The van der Waals surface area contributed by atoms with Gasteiger partial charge in [0.2, 0.25) is 5.91 Å². The van der Waals surface area contributed by atoms with Crippen molar-refractivity contribution in [2.45, 2.75) is 49.0 Å². The molecule has 6 rings (SSSR count). The molecule has 156 valence electrons. The van der Waals surface area contributed by atoms with E-state index < -0.39 is 11.7 Å². The number of rotatable bonds is 5. The molecule has 0 atom stereocenters. The van der Waals surface area contributed by atoms with Crippen molar-refractivity contribution in [3.05, 3.63) is 23.8 Å². The van der Waals surface area contributed by atoms with E-state index in [0.29, 0.717) is 17.8 Å². The van der Waals surface area contributed by atoms with Gasteiger partial charge >= 0.3 is 6.18 Å². The largest absolute Gasteiger partial charge is 0.416 e. The molecule has 4 bridgehead atoms. The van der Waals surface area contributed by atoms with Crippen LogP contribution in [0.5, 0.6) is 0 Å². The minimum absolute atomic E-state index is 0.136. The molecule has 0 saturated heterocycles. The predicted octanol–water partition coefficient (Wildman–Crippen LogP) is 5.74. The van der Waals surface area contributed by atoms with Crippen LogP contribution < -0.4 is 5.32 Å². The van der Waals surface area contributed by atoms with E-state index >= 15 is 0 Å². The maximum absolute atomic E-state index is 12.9. The van der Waals surface area contributed by atoms with E-state index in [4.69, 9.17) is 0 Å². The number of carbonyl (C=O) groups is 1. The Morgan fingerprint density at radius 1 is 1.17 bits per heavy atom. The lowest BCUT2D eigenvalue weighted by molar-refractivity contribution is -0.146. The summed E-state index contributed by atoms with van der Waals surface area (Å²) in [5.41, 5.74) is -0.428. The SMILES string of the molecule is O=C(NCCSc1nc2cc(C(F)(F)F)ccc2s1)C12CC3CC(CC(C3)C1)C2. The van der Waals surface area contributed by atoms with Gasteiger partial charge in [-0.3, -0.25) is 4.79 Å². The number of nitrogens with one attached hydrogen (secondary N) is 1. The van der Waals surface area contributed by atoms with E-state index in [2.05, 4.69) is 10.3 Å². The summed E-state index contributed by atoms with van der Waals surface area (Å²) in [5.74, 6) is 3.11. The fraction of sp³-hybridized carbons (Fsp3) is 0.619. The number of carbonyl (C=O) groups excluding carboxylic acids is 1. The van der Waals surface area contributed by atoms with Crippen molar-refractivity contribution in [1.29, 1.82) is 0 Å². The zero-order chi connectivity index (χ0) is 20.2. The van der Waals surface area contributed by atoms with E-state index in [1.54, 1.807) is 0 Å². The van der Waals surface area contributed by atoms with Crippen molar-refractivity contribution >= 4 is 39.2 Å². The molecule has 1 aromatic carbocycles. The molecule has 2 aromatic rings. The lowest BCUT2D eigenvalue weighted by Crippen LogP contribution is -2.53. The number of thioether (sulfide) groups is 1. The van der Waals surface area contributed by atoms with Crippen LogP contribution in [-0.2, 0) is 11.0 Å². The number of nitrogens with zero attached hydrogens (tertiary/aromatic N) is 1. The minimum atomic E-state index is -4.35. The highest BCUT2D eigenvalue weighted by atomic mass is 32.2. The van der Waals surface area contributed by atoms with Crippen molar-refractivity contribution in [3.63, 3.8) is 0 Å². The first-order valence-electron chi connectivity index (χ1n) is 10.2. The van der Waals surface area contributed by atoms with Gasteiger partial charge in [0.05, 0.1) is 15.8 Å². The molecule has 4 aliphatic carbocycles. The quantitative estimate of drug-likeness (QED) is 0.476. The third-order valence-corrected chi connectivity index (χ3v) is 9.01. The summed E-state index contributed by atoms with van der Waals surface area (Å²) in [6.45, 7) is 0.564. The van der Waals surface area contributed by atoms with Gasteiger partial charge < -0.3 is 5.32 Å². The molecule has 1 heterocycles. The standard InChI is InChI=1S/C21H23F3N2OS2/c22-21(23,24)15-1-2-17-16(8-15)26-19(29-17)28-4-3-25-18(27)20-9-12-5-13(10-20)7-14(6-12)11-20/h1-2,8,12-14H,3-7,9-11H2,(H,25,27). The van der Waals surface area contributed by atoms with Crippen LogP contribution in [0, 0.1) is 23.2 Å². The number of hydrogen-bond donors (Lipinski definition) is 1. The molecule has 0 aliphatic heterocycles. The number of aromatic nitrogens is 1. The number of fused-ring (bicyclic) bond motifs is 1. The number of halogens is 3. The Bertz CT molecular complexity index is 904. The maximum atomic E-state index is 12.9. The topological polar surface area (TPSA) is 42.0 Å². The van der Waals surface area contributed by atoms with E-state index in [1.165, 1.54) is 48.4 Å². The summed E-state index contributed by atoms with van der Waals surface area (Å²) in [7, 11) is 0. The van der Waals surface area contributed by atoms with Crippen molar-refractivity contribution in [1.82, 2.24) is 10.3 Å². The van der Waals surface area contributed by atoms with Crippen LogP contribution in [0.25, 0.3) is 10.2 Å². The van der Waals surface area contributed by atoms with Gasteiger partial charge in [0.25, 0.3) is 0 Å². The first kappa shape index (κ1) is 19.7. The Hall–Kier alpha value is -1.28. The lowest BCUT2D eigenvalue weighted by atomic mass is 9.49. The van der Waals surface area contributed by atoms with Crippen LogP contribution in [0.2, 0.25) is 0 Å². The molecule has 1 aromatic heterocycles. The Balaban J connectivity index is 1.16. The number of hydrogen-bond acceptors (Lipinski definition) is 4. The first-order valence-corrected chi connectivity index (χ1v) is 12.0. The molecule has 4 aliphatic rings. The summed E-state index contributed by atoms with van der Waals surface area (Å²) in [4.78, 5) is 17.3. The summed E-state index contributed by atoms with van der Waals surface area (Å²) in [5, 5.41) is 3.14. The van der Waals surface area contributed by atoms with Gasteiger partial charge in [-0.2, -0.15) is 13.2 Å². The molecule has 0 unspecified atom stereocenters. The predicted molar refractivity (Wildman–Crippen MR) is 109 cm³/mol. The average Bonchev–Trinajstić information content (AvgIpc) is 3.05. The number of thiazole rings is 1. The van der Waals surface area contributed by atoms with Crippen LogP contribution in [-0.4, -0.2) is 23.2 Å². The number of amides is 1. The molecule has 4 fully saturated rings.